The molecule has 29 heavy (non-hydrogen) atoms. The number of halogens is 1. The number of sulfone groups is 1. The quantitative estimate of drug-likeness (QED) is 0.593. The second-order valence-corrected chi connectivity index (χ2v) is 8.41. The molecule has 0 spiro atoms. The molecule has 7 nitrogen and oxygen atoms in total. The number of benzene rings is 2. The molecule has 0 aliphatic carbocycles. The largest absolute Gasteiger partial charge is 0.354 e. The zero-order valence-corrected chi connectivity index (χ0v) is 16.3. The van der Waals surface area contributed by atoms with Gasteiger partial charge in [-0.05, 0) is 35.4 Å². The predicted molar refractivity (Wildman–Crippen MR) is 105 cm³/mol. The van der Waals surface area contributed by atoms with Crippen molar-refractivity contribution >= 4 is 21.7 Å². The van der Waals surface area contributed by atoms with Crippen LogP contribution in [-0.2, 0) is 31.6 Å². The van der Waals surface area contributed by atoms with Crippen LogP contribution in [0.25, 0.3) is 0 Å². The Bertz CT molecular complexity index is 998. The SMILES string of the molecule is N#Cc1ccc(CS(=O)(=O)CC(=O)NCCNC(=O)Cc2ccc(F)cc2)cc1. The van der Waals surface area contributed by atoms with Crippen molar-refractivity contribution in [2.45, 2.75) is 12.2 Å². The van der Waals surface area contributed by atoms with Crippen LogP contribution in [0, 0.1) is 17.1 Å². The van der Waals surface area contributed by atoms with Gasteiger partial charge in [-0.15, -0.1) is 0 Å². The van der Waals surface area contributed by atoms with Crippen LogP contribution in [0.3, 0.4) is 0 Å². The number of nitriles is 1. The zero-order chi connectivity index (χ0) is 21.3. The van der Waals surface area contributed by atoms with Crippen LogP contribution in [0.2, 0.25) is 0 Å². The number of amides is 2. The number of nitrogens with zero attached hydrogens (tertiary/aromatic N) is 1. The Morgan fingerprint density at radius 3 is 2.03 bits per heavy atom. The Morgan fingerprint density at radius 2 is 1.45 bits per heavy atom. The van der Waals surface area contributed by atoms with Gasteiger partial charge in [0, 0.05) is 13.1 Å². The number of hydrogen-bond acceptors (Lipinski definition) is 5. The minimum absolute atomic E-state index is 0.0766. The number of hydrogen-bond donors (Lipinski definition) is 2. The van der Waals surface area contributed by atoms with Gasteiger partial charge in [0.1, 0.15) is 11.6 Å². The predicted octanol–water partition coefficient (Wildman–Crippen LogP) is 1.09. The molecule has 2 aromatic carbocycles. The van der Waals surface area contributed by atoms with Crippen molar-refractivity contribution in [3.8, 4) is 6.07 Å². The molecular weight excluding hydrogens is 397 g/mol. The molecule has 0 atom stereocenters. The minimum Gasteiger partial charge on any atom is -0.354 e. The highest BCUT2D eigenvalue weighted by molar-refractivity contribution is 7.91. The van der Waals surface area contributed by atoms with E-state index in [2.05, 4.69) is 10.6 Å². The van der Waals surface area contributed by atoms with E-state index in [9.17, 15) is 22.4 Å². The van der Waals surface area contributed by atoms with E-state index in [4.69, 9.17) is 5.26 Å². The highest BCUT2D eigenvalue weighted by Gasteiger charge is 2.17. The summed E-state index contributed by atoms with van der Waals surface area (Å²) in [6.07, 6.45) is 0.0766. The number of rotatable bonds is 9. The fraction of sp³-hybridized carbons (Fsp3) is 0.250. The van der Waals surface area contributed by atoms with Crippen LogP contribution < -0.4 is 10.6 Å². The van der Waals surface area contributed by atoms with Crippen LogP contribution >= 0.6 is 0 Å². The first-order valence-electron chi connectivity index (χ1n) is 8.75. The molecule has 9 heteroatoms. The molecule has 0 aromatic heterocycles. The van der Waals surface area contributed by atoms with Gasteiger partial charge in [-0.3, -0.25) is 9.59 Å². The third-order valence-electron chi connectivity index (χ3n) is 3.87. The molecular formula is C20H20FN3O4S. The third kappa shape index (κ3) is 8.11. The van der Waals surface area contributed by atoms with E-state index in [0.717, 1.165) is 0 Å². The molecule has 0 aliphatic rings. The first-order valence-corrected chi connectivity index (χ1v) is 10.6. The van der Waals surface area contributed by atoms with Gasteiger partial charge in [0.15, 0.2) is 9.84 Å². The molecule has 0 fully saturated rings. The summed E-state index contributed by atoms with van der Waals surface area (Å²) in [7, 11) is -3.66. The molecule has 2 rings (SSSR count). The van der Waals surface area contributed by atoms with Gasteiger partial charge >= 0.3 is 0 Å². The van der Waals surface area contributed by atoms with Gasteiger partial charge in [-0.1, -0.05) is 24.3 Å². The second-order valence-electron chi connectivity index (χ2n) is 6.34. The summed E-state index contributed by atoms with van der Waals surface area (Å²) in [5, 5.41) is 13.8. The standard InChI is InChI=1S/C20H20FN3O4S/c21-18-7-5-15(6-8-18)11-19(25)23-9-10-24-20(26)14-29(27,28)13-17-3-1-16(12-22)2-4-17/h1-8H,9-11,13-14H2,(H,23,25)(H,24,26). The van der Waals surface area contributed by atoms with Crippen LogP contribution in [0.15, 0.2) is 48.5 Å². The van der Waals surface area contributed by atoms with Crippen molar-refractivity contribution in [1.82, 2.24) is 10.6 Å². The Kier molecular flexibility index (Phi) is 7.86. The van der Waals surface area contributed by atoms with Crippen LogP contribution in [0.4, 0.5) is 4.39 Å². The average molecular weight is 417 g/mol. The topological polar surface area (TPSA) is 116 Å². The lowest BCUT2D eigenvalue weighted by Crippen LogP contribution is -2.37. The van der Waals surface area contributed by atoms with Gasteiger partial charge in [-0.2, -0.15) is 5.26 Å². The van der Waals surface area contributed by atoms with Gasteiger partial charge in [0.25, 0.3) is 0 Å². The summed E-state index contributed by atoms with van der Waals surface area (Å²) in [6, 6.07) is 13.6. The molecule has 2 amide bonds. The van der Waals surface area contributed by atoms with Crippen molar-refractivity contribution in [1.29, 1.82) is 5.26 Å². The first-order chi connectivity index (χ1) is 13.8. The van der Waals surface area contributed by atoms with Crippen LogP contribution in [0.5, 0.6) is 0 Å². The smallest absolute Gasteiger partial charge is 0.235 e. The van der Waals surface area contributed by atoms with Gasteiger partial charge in [0.05, 0.1) is 23.8 Å². The number of carbonyl (C=O) groups is 2. The molecule has 0 unspecified atom stereocenters. The van der Waals surface area contributed by atoms with Gasteiger partial charge in [0.2, 0.25) is 11.8 Å². The van der Waals surface area contributed by atoms with E-state index >= 15 is 0 Å². The highest BCUT2D eigenvalue weighted by atomic mass is 32.2. The van der Waals surface area contributed by atoms with Crippen LogP contribution in [0.1, 0.15) is 16.7 Å². The Hall–Kier alpha value is -3.25. The van der Waals surface area contributed by atoms with Gasteiger partial charge < -0.3 is 10.6 Å². The van der Waals surface area contributed by atoms with Crippen molar-refractivity contribution in [2.75, 3.05) is 18.8 Å². The molecule has 2 aromatic rings. The molecule has 0 aliphatic heterocycles. The fourth-order valence-corrected chi connectivity index (χ4v) is 3.79. The van der Waals surface area contributed by atoms with Crippen molar-refractivity contribution in [3.05, 3.63) is 71.0 Å². The average Bonchev–Trinajstić information content (AvgIpc) is 2.67. The van der Waals surface area contributed by atoms with E-state index in [1.54, 1.807) is 0 Å². The second kappa shape index (κ2) is 10.3. The molecule has 0 saturated heterocycles. The molecule has 0 bridgehead atoms. The lowest BCUT2D eigenvalue weighted by atomic mass is 10.1. The maximum atomic E-state index is 12.8. The maximum absolute atomic E-state index is 12.8. The molecule has 0 saturated carbocycles. The number of carbonyl (C=O) groups excluding carboxylic acids is 2. The van der Waals surface area contributed by atoms with E-state index in [-0.39, 0.29) is 37.0 Å². The van der Waals surface area contributed by atoms with E-state index in [1.807, 2.05) is 6.07 Å². The minimum atomic E-state index is -3.66. The van der Waals surface area contributed by atoms with E-state index in [1.165, 1.54) is 48.5 Å². The summed E-state index contributed by atoms with van der Waals surface area (Å²) in [4.78, 5) is 23.6. The first kappa shape index (κ1) is 22.0. The van der Waals surface area contributed by atoms with Crippen molar-refractivity contribution in [3.63, 3.8) is 0 Å². The van der Waals surface area contributed by atoms with E-state index < -0.39 is 21.5 Å². The lowest BCUT2D eigenvalue weighted by Gasteiger charge is -2.08. The van der Waals surface area contributed by atoms with Crippen molar-refractivity contribution < 1.29 is 22.4 Å². The summed E-state index contributed by atoms with van der Waals surface area (Å²) in [6.45, 7) is 0.224. The Balaban J connectivity index is 1.69. The Morgan fingerprint density at radius 1 is 0.897 bits per heavy atom. The van der Waals surface area contributed by atoms with Gasteiger partial charge in [-0.25, -0.2) is 12.8 Å². The monoisotopic (exact) mass is 417 g/mol. The molecule has 2 N–H and O–H groups in total. The molecule has 0 heterocycles. The fourth-order valence-electron chi connectivity index (χ4n) is 2.49. The maximum Gasteiger partial charge on any atom is 0.235 e. The summed E-state index contributed by atoms with van der Waals surface area (Å²) >= 11 is 0. The summed E-state index contributed by atoms with van der Waals surface area (Å²) in [5.41, 5.74) is 1.57. The molecule has 0 radical (unpaired) electrons. The third-order valence-corrected chi connectivity index (χ3v) is 5.34. The summed E-state index contributed by atoms with van der Waals surface area (Å²) < 4.78 is 37.0. The lowest BCUT2D eigenvalue weighted by molar-refractivity contribution is -0.121. The highest BCUT2D eigenvalue weighted by Crippen LogP contribution is 2.08. The normalized spacial score (nSPS) is 10.8. The Labute approximate surface area is 168 Å². The van der Waals surface area contributed by atoms with E-state index in [0.29, 0.717) is 16.7 Å². The van der Waals surface area contributed by atoms with Crippen molar-refractivity contribution in [2.24, 2.45) is 0 Å². The summed E-state index contributed by atoms with van der Waals surface area (Å²) in [5.74, 6) is -2.31. The number of nitrogens with one attached hydrogen (secondary N) is 2. The zero-order valence-electron chi connectivity index (χ0n) is 15.5. The van der Waals surface area contributed by atoms with Crippen LogP contribution in [-0.4, -0.2) is 39.1 Å². The molecule has 152 valence electrons.